The Hall–Kier alpha value is -2.70. The number of rotatable bonds is 7. The first-order chi connectivity index (χ1) is 12.0. The van der Waals surface area contributed by atoms with Crippen LogP contribution in [0.3, 0.4) is 0 Å². The molecular formula is C18H21F2N3O2. The number of nitrogens with zero attached hydrogens (tertiary/aromatic N) is 2. The average molecular weight is 349 g/mol. The summed E-state index contributed by atoms with van der Waals surface area (Å²) in [6, 6.07) is 11.0. The zero-order valence-electron chi connectivity index (χ0n) is 14.2. The first-order valence-corrected chi connectivity index (χ1v) is 8.01. The maximum Gasteiger partial charge on any atom is 0.387 e. The van der Waals surface area contributed by atoms with E-state index in [2.05, 4.69) is 15.0 Å². The standard InChI is InChI=1S/C18H21F2N3O2/c1-3-7-16(15-10-4-5-11-21-15)23(2)18(24)22-13-8-6-9-14(12-13)25-17(19)20/h4-6,8-12,16-17H,3,7H2,1-2H3,(H,22,24)/t16-/m0/s1. The van der Waals surface area contributed by atoms with E-state index in [0.29, 0.717) is 5.69 Å². The number of ether oxygens (including phenoxy) is 1. The number of carbonyl (C=O) groups is 1. The number of amides is 2. The van der Waals surface area contributed by atoms with E-state index < -0.39 is 6.61 Å². The SMILES string of the molecule is CCC[C@@H](c1ccccn1)N(C)C(=O)Nc1cccc(OC(F)F)c1. The van der Waals surface area contributed by atoms with E-state index in [9.17, 15) is 13.6 Å². The first-order valence-electron chi connectivity index (χ1n) is 8.01. The monoisotopic (exact) mass is 349 g/mol. The van der Waals surface area contributed by atoms with E-state index in [4.69, 9.17) is 0 Å². The molecule has 0 saturated carbocycles. The fourth-order valence-corrected chi connectivity index (χ4v) is 2.49. The van der Waals surface area contributed by atoms with Crippen LogP contribution in [0.15, 0.2) is 48.7 Å². The normalized spacial score (nSPS) is 11.9. The van der Waals surface area contributed by atoms with Gasteiger partial charge in [-0.2, -0.15) is 8.78 Å². The second-order valence-electron chi connectivity index (χ2n) is 5.51. The number of pyridine rings is 1. The van der Waals surface area contributed by atoms with Crippen molar-refractivity contribution in [2.75, 3.05) is 12.4 Å². The number of anilines is 1. The molecular weight excluding hydrogens is 328 g/mol. The fourth-order valence-electron chi connectivity index (χ4n) is 2.49. The van der Waals surface area contributed by atoms with Gasteiger partial charge in [0, 0.05) is 25.0 Å². The highest BCUT2D eigenvalue weighted by molar-refractivity contribution is 5.89. The average Bonchev–Trinajstić information content (AvgIpc) is 2.59. The molecule has 0 unspecified atom stereocenters. The Kier molecular flexibility index (Phi) is 6.68. The summed E-state index contributed by atoms with van der Waals surface area (Å²) >= 11 is 0. The van der Waals surface area contributed by atoms with Gasteiger partial charge < -0.3 is 15.0 Å². The summed E-state index contributed by atoms with van der Waals surface area (Å²) in [6.45, 7) is -0.876. The fraction of sp³-hybridized carbons (Fsp3) is 0.333. The van der Waals surface area contributed by atoms with Crippen LogP contribution in [0.1, 0.15) is 31.5 Å². The Labute approximate surface area is 145 Å². The van der Waals surface area contributed by atoms with Gasteiger partial charge in [-0.15, -0.1) is 0 Å². The number of halogens is 2. The molecule has 0 aliphatic rings. The van der Waals surface area contributed by atoms with Crippen LogP contribution in [0.5, 0.6) is 5.75 Å². The molecule has 0 radical (unpaired) electrons. The Bertz CT molecular complexity index is 683. The Morgan fingerprint density at radius 3 is 2.72 bits per heavy atom. The third-order valence-electron chi connectivity index (χ3n) is 3.69. The maximum absolute atomic E-state index is 12.5. The van der Waals surface area contributed by atoms with E-state index in [1.54, 1.807) is 24.2 Å². The lowest BCUT2D eigenvalue weighted by molar-refractivity contribution is -0.0497. The summed E-state index contributed by atoms with van der Waals surface area (Å²) in [5, 5.41) is 2.70. The number of carbonyl (C=O) groups excluding carboxylic acids is 1. The molecule has 2 amide bonds. The molecule has 5 nitrogen and oxygen atoms in total. The summed E-state index contributed by atoms with van der Waals surface area (Å²) in [7, 11) is 1.68. The van der Waals surface area contributed by atoms with Crippen molar-refractivity contribution in [3.63, 3.8) is 0 Å². The van der Waals surface area contributed by atoms with Crippen molar-refractivity contribution in [2.24, 2.45) is 0 Å². The molecule has 25 heavy (non-hydrogen) atoms. The van der Waals surface area contributed by atoms with Crippen molar-refractivity contribution in [1.82, 2.24) is 9.88 Å². The highest BCUT2D eigenvalue weighted by atomic mass is 19.3. The molecule has 1 atom stereocenters. The van der Waals surface area contributed by atoms with Gasteiger partial charge in [0.05, 0.1) is 11.7 Å². The predicted octanol–water partition coefficient (Wildman–Crippen LogP) is 4.69. The summed E-state index contributed by atoms with van der Waals surface area (Å²) in [6.07, 6.45) is 3.33. The van der Waals surface area contributed by atoms with E-state index in [0.717, 1.165) is 18.5 Å². The molecule has 1 N–H and O–H groups in total. The number of aromatic nitrogens is 1. The Morgan fingerprint density at radius 2 is 2.08 bits per heavy atom. The lowest BCUT2D eigenvalue weighted by Gasteiger charge is -2.27. The molecule has 2 rings (SSSR count). The molecule has 0 saturated heterocycles. The van der Waals surface area contributed by atoms with E-state index in [1.165, 1.54) is 18.2 Å². The number of alkyl halides is 2. The topological polar surface area (TPSA) is 54.5 Å². The number of hydrogen-bond donors (Lipinski definition) is 1. The smallest absolute Gasteiger partial charge is 0.387 e. The molecule has 2 aromatic rings. The van der Waals surface area contributed by atoms with Gasteiger partial charge in [-0.25, -0.2) is 4.79 Å². The molecule has 0 fully saturated rings. The van der Waals surface area contributed by atoms with Gasteiger partial charge in [-0.05, 0) is 30.7 Å². The lowest BCUT2D eigenvalue weighted by atomic mass is 10.1. The largest absolute Gasteiger partial charge is 0.435 e. The number of urea groups is 1. The Morgan fingerprint density at radius 1 is 1.28 bits per heavy atom. The molecule has 0 aliphatic carbocycles. The zero-order chi connectivity index (χ0) is 18.2. The molecule has 1 aromatic carbocycles. The summed E-state index contributed by atoms with van der Waals surface area (Å²) in [5.41, 5.74) is 1.18. The van der Waals surface area contributed by atoms with Crippen LogP contribution in [-0.4, -0.2) is 29.6 Å². The summed E-state index contributed by atoms with van der Waals surface area (Å²) in [5.74, 6) is -0.00899. The number of nitrogens with one attached hydrogen (secondary N) is 1. The lowest BCUT2D eigenvalue weighted by Crippen LogP contribution is -2.35. The Balaban J connectivity index is 2.10. The van der Waals surface area contributed by atoms with Gasteiger partial charge in [-0.1, -0.05) is 25.5 Å². The number of benzene rings is 1. The second kappa shape index (κ2) is 8.96. The third kappa shape index (κ3) is 5.41. The maximum atomic E-state index is 12.5. The van der Waals surface area contributed by atoms with E-state index in [-0.39, 0.29) is 17.8 Å². The highest BCUT2D eigenvalue weighted by Gasteiger charge is 2.22. The van der Waals surface area contributed by atoms with Gasteiger partial charge in [0.1, 0.15) is 5.75 Å². The minimum Gasteiger partial charge on any atom is -0.435 e. The zero-order valence-corrected chi connectivity index (χ0v) is 14.2. The van der Waals surface area contributed by atoms with Crippen LogP contribution in [0.25, 0.3) is 0 Å². The number of hydrogen-bond acceptors (Lipinski definition) is 3. The van der Waals surface area contributed by atoms with Gasteiger partial charge >= 0.3 is 12.6 Å². The second-order valence-corrected chi connectivity index (χ2v) is 5.51. The predicted molar refractivity (Wildman–Crippen MR) is 91.7 cm³/mol. The van der Waals surface area contributed by atoms with Crippen LogP contribution in [-0.2, 0) is 0 Å². The van der Waals surface area contributed by atoms with Gasteiger partial charge in [0.2, 0.25) is 0 Å². The van der Waals surface area contributed by atoms with Crippen molar-refractivity contribution >= 4 is 11.7 Å². The van der Waals surface area contributed by atoms with Crippen molar-refractivity contribution < 1.29 is 18.3 Å². The highest BCUT2D eigenvalue weighted by Crippen LogP contribution is 2.24. The van der Waals surface area contributed by atoms with Crippen LogP contribution in [0, 0.1) is 0 Å². The van der Waals surface area contributed by atoms with Crippen LogP contribution in [0.4, 0.5) is 19.3 Å². The van der Waals surface area contributed by atoms with Gasteiger partial charge in [0.15, 0.2) is 0 Å². The van der Waals surface area contributed by atoms with Crippen LogP contribution >= 0.6 is 0 Å². The molecule has 1 aromatic heterocycles. The quantitative estimate of drug-likeness (QED) is 0.789. The molecule has 134 valence electrons. The van der Waals surface area contributed by atoms with Gasteiger partial charge in [0.25, 0.3) is 0 Å². The molecule has 0 spiro atoms. The third-order valence-corrected chi connectivity index (χ3v) is 3.69. The summed E-state index contributed by atoms with van der Waals surface area (Å²) < 4.78 is 28.9. The van der Waals surface area contributed by atoms with Crippen LogP contribution in [0.2, 0.25) is 0 Å². The van der Waals surface area contributed by atoms with Crippen LogP contribution < -0.4 is 10.1 Å². The van der Waals surface area contributed by atoms with Crippen molar-refractivity contribution in [3.05, 3.63) is 54.4 Å². The molecule has 1 heterocycles. The first kappa shape index (κ1) is 18.6. The molecule has 7 heteroatoms. The van der Waals surface area contributed by atoms with Crippen molar-refractivity contribution in [2.45, 2.75) is 32.4 Å². The van der Waals surface area contributed by atoms with Crippen molar-refractivity contribution in [1.29, 1.82) is 0 Å². The molecule has 0 bridgehead atoms. The van der Waals surface area contributed by atoms with E-state index in [1.807, 2.05) is 25.1 Å². The molecule has 0 aliphatic heterocycles. The minimum atomic E-state index is -2.91. The van der Waals surface area contributed by atoms with Gasteiger partial charge in [-0.3, -0.25) is 4.98 Å². The van der Waals surface area contributed by atoms with Crippen molar-refractivity contribution in [3.8, 4) is 5.75 Å². The summed E-state index contributed by atoms with van der Waals surface area (Å²) in [4.78, 5) is 18.4. The minimum absolute atomic E-state index is 0.00899. The van der Waals surface area contributed by atoms with E-state index >= 15 is 0 Å².